The molecule has 0 aromatic carbocycles. The maximum Gasteiger partial charge on any atom is 0.217 e. The van der Waals surface area contributed by atoms with E-state index in [1.165, 1.54) is 0 Å². The van der Waals surface area contributed by atoms with Crippen LogP contribution in [0.4, 0.5) is 0 Å². The van der Waals surface area contributed by atoms with Crippen molar-refractivity contribution >= 4 is 21.9 Å². The van der Waals surface area contributed by atoms with Gasteiger partial charge in [-0.05, 0) is 25.7 Å². The Bertz CT molecular complexity index is 492. The third-order valence-corrected chi connectivity index (χ3v) is 5.03. The number of sulfonamides is 1. The minimum atomic E-state index is -3.17. The van der Waals surface area contributed by atoms with E-state index in [4.69, 9.17) is 5.73 Å². The highest BCUT2D eigenvalue weighted by atomic mass is 32.2. The number of carbonyl (C=O) groups excluding carboxylic acids is 1. The van der Waals surface area contributed by atoms with Gasteiger partial charge in [0.2, 0.25) is 15.9 Å². The van der Waals surface area contributed by atoms with Crippen LogP contribution < -0.4 is 15.8 Å². The number of likely N-dealkylation sites (tertiary alicyclic amines) is 1. The van der Waals surface area contributed by atoms with Crippen molar-refractivity contribution in [2.75, 3.05) is 39.0 Å². The number of carbonyl (C=O) groups is 1. The van der Waals surface area contributed by atoms with Crippen LogP contribution in [0.1, 0.15) is 26.2 Å². The first-order valence-electron chi connectivity index (χ1n) is 7.59. The Kier molecular flexibility index (Phi) is 7.60. The Labute approximate surface area is 132 Å². The molecular weight excluding hydrogens is 306 g/mol. The van der Waals surface area contributed by atoms with Crippen LogP contribution in [-0.2, 0) is 14.8 Å². The highest BCUT2D eigenvalue weighted by molar-refractivity contribution is 7.89. The van der Waals surface area contributed by atoms with Gasteiger partial charge in [0, 0.05) is 39.6 Å². The topological polar surface area (TPSA) is 117 Å². The van der Waals surface area contributed by atoms with Crippen molar-refractivity contribution in [3.05, 3.63) is 0 Å². The highest BCUT2D eigenvalue weighted by Gasteiger charge is 2.23. The fourth-order valence-corrected chi connectivity index (χ4v) is 3.14. The third-order valence-electron chi connectivity index (χ3n) is 3.63. The lowest BCUT2D eigenvalue weighted by molar-refractivity contribution is -0.119. The second-order valence-corrected chi connectivity index (χ2v) is 7.49. The lowest BCUT2D eigenvalue weighted by atomic mass is 9.95. The largest absolute Gasteiger partial charge is 0.370 e. The molecule has 1 fully saturated rings. The fourth-order valence-electron chi connectivity index (χ4n) is 2.52. The van der Waals surface area contributed by atoms with Gasteiger partial charge >= 0.3 is 0 Å². The number of aliphatic imine (C=N–C) groups is 1. The molecule has 4 N–H and O–H groups in total. The molecule has 0 aromatic rings. The first kappa shape index (κ1) is 18.7. The molecule has 1 unspecified atom stereocenters. The summed E-state index contributed by atoms with van der Waals surface area (Å²) in [6, 6.07) is 0. The summed E-state index contributed by atoms with van der Waals surface area (Å²) < 4.78 is 25.2. The Balaban J connectivity index is 2.42. The van der Waals surface area contributed by atoms with E-state index in [0.29, 0.717) is 19.5 Å². The van der Waals surface area contributed by atoms with Crippen LogP contribution in [0.25, 0.3) is 0 Å². The van der Waals surface area contributed by atoms with Crippen LogP contribution in [0.2, 0.25) is 0 Å². The van der Waals surface area contributed by atoms with Crippen molar-refractivity contribution in [1.29, 1.82) is 0 Å². The van der Waals surface area contributed by atoms with E-state index >= 15 is 0 Å². The van der Waals surface area contributed by atoms with E-state index in [0.717, 1.165) is 31.9 Å². The van der Waals surface area contributed by atoms with Gasteiger partial charge in [-0.15, -0.1) is 0 Å². The van der Waals surface area contributed by atoms with Crippen molar-refractivity contribution in [2.45, 2.75) is 26.2 Å². The number of nitrogens with two attached hydrogens (primary N) is 1. The molecular formula is C13H27N5O3S. The summed E-state index contributed by atoms with van der Waals surface area (Å²) in [5.41, 5.74) is 5.26. The van der Waals surface area contributed by atoms with Crippen LogP contribution in [0.5, 0.6) is 0 Å². The molecule has 22 heavy (non-hydrogen) atoms. The molecule has 128 valence electrons. The minimum absolute atomic E-state index is 0.0721. The molecule has 8 nitrogen and oxygen atoms in total. The molecule has 1 heterocycles. The molecule has 1 saturated heterocycles. The van der Waals surface area contributed by atoms with Crippen molar-refractivity contribution in [3.8, 4) is 0 Å². The van der Waals surface area contributed by atoms with Crippen LogP contribution in [0.3, 0.4) is 0 Å². The number of guanidine groups is 1. The van der Waals surface area contributed by atoms with Gasteiger partial charge in [0.15, 0.2) is 5.96 Å². The van der Waals surface area contributed by atoms with Crippen molar-refractivity contribution < 1.29 is 13.2 Å². The molecule has 1 rings (SSSR count). The Morgan fingerprint density at radius 3 is 2.73 bits per heavy atom. The zero-order valence-corrected chi connectivity index (χ0v) is 14.2. The van der Waals surface area contributed by atoms with Gasteiger partial charge in [-0.3, -0.25) is 9.79 Å². The van der Waals surface area contributed by atoms with Gasteiger partial charge < -0.3 is 16.0 Å². The van der Waals surface area contributed by atoms with E-state index in [9.17, 15) is 13.2 Å². The van der Waals surface area contributed by atoms with E-state index in [1.54, 1.807) is 14.0 Å². The number of amides is 1. The summed E-state index contributed by atoms with van der Waals surface area (Å²) in [5, 5.41) is 3.14. The predicted octanol–water partition coefficient (Wildman–Crippen LogP) is -0.911. The van der Waals surface area contributed by atoms with Gasteiger partial charge in [0.05, 0.1) is 5.75 Å². The maximum absolute atomic E-state index is 11.3. The minimum Gasteiger partial charge on any atom is -0.370 e. The molecule has 0 radical (unpaired) electrons. The first-order valence-corrected chi connectivity index (χ1v) is 9.24. The summed E-state index contributed by atoms with van der Waals surface area (Å²) in [5.74, 6) is 0.778. The zero-order valence-electron chi connectivity index (χ0n) is 13.3. The van der Waals surface area contributed by atoms with Gasteiger partial charge in [-0.25, -0.2) is 13.1 Å². The van der Waals surface area contributed by atoms with Gasteiger partial charge in [0.1, 0.15) is 0 Å². The normalized spacial score (nSPS) is 20.0. The number of rotatable bonds is 7. The number of nitrogens with one attached hydrogen (secondary N) is 2. The average molecular weight is 333 g/mol. The molecule has 0 aliphatic carbocycles. The number of piperidine rings is 1. The number of primary amides is 1. The van der Waals surface area contributed by atoms with Crippen LogP contribution in [0, 0.1) is 5.92 Å². The fraction of sp³-hybridized carbons (Fsp3) is 0.846. The summed E-state index contributed by atoms with van der Waals surface area (Å²) in [6.45, 7) is 3.98. The summed E-state index contributed by atoms with van der Waals surface area (Å²) in [4.78, 5) is 17.3. The lowest BCUT2D eigenvalue weighted by Gasteiger charge is -2.34. The van der Waals surface area contributed by atoms with Crippen LogP contribution in [0.15, 0.2) is 4.99 Å². The molecule has 0 spiro atoms. The SMILES string of the molecule is CCS(=O)(=O)NCCNC(=NC)N1CCCC(CC(N)=O)C1. The van der Waals surface area contributed by atoms with E-state index in [2.05, 4.69) is 19.9 Å². The van der Waals surface area contributed by atoms with Gasteiger partial charge in [-0.2, -0.15) is 0 Å². The standard InChI is InChI=1S/C13H27N5O3S/c1-3-22(20,21)17-7-6-16-13(15-2)18-8-4-5-11(10-18)9-12(14)19/h11,17H,3-10H2,1-2H3,(H2,14,19)(H,15,16). The number of hydrogen-bond donors (Lipinski definition) is 3. The molecule has 1 aliphatic heterocycles. The molecule has 1 amide bonds. The summed E-state index contributed by atoms with van der Waals surface area (Å²) in [7, 11) is -1.48. The Morgan fingerprint density at radius 2 is 2.14 bits per heavy atom. The predicted molar refractivity (Wildman–Crippen MR) is 86.9 cm³/mol. The van der Waals surface area contributed by atoms with Crippen LogP contribution in [-0.4, -0.2) is 64.2 Å². The average Bonchev–Trinajstić information content (AvgIpc) is 2.47. The van der Waals surface area contributed by atoms with Gasteiger partial charge in [-0.1, -0.05) is 0 Å². The Morgan fingerprint density at radius 1 is 1.41 bits per heavy atom. The molecule has 1 aliphatic rings. The van der Waals surface area contributed by atoms with Crippen molar-refractivity contribution in [1.82, 2.24) is 14.9 Å². The first-order chi connectivity index (χ1) is 10.4. The Hall–Kier alpha value is -1.35. The monoisotopic (exact) mass is 333 g/mol. The van der Waals surface area contributed by atoms with Gasteiger partial charge in [0.25, 0.3) is 0 Å². The third kappa shape index (κ3) is 6.61. The molecule has 0 saturated carbocycles. The maximum atomic E-state index is 11.3. The van der Waals surface area contributed by atoms with E-state index in [1.807, 2.05) is 0 Å². The second kappa shape index (κ2) is 8.94. The molecule has 9 heteroatoms. The summed E-state index contributed by atoms with van der Waals surface area (Å²) in [6.07, 6.45) is 2.37. The van der Waals surface area contributed by atoms with Crippen molar-refractivity contribution in [2.24, 2.45) is 16.6 Å². The number of nitrogens with zero attached hydrogens (tertiary/aromatic N) is 2. The molecule has 0 aromatic heterocycles. The van der Waals surface area contributed by atoms with E-state index < -0.39 is 10.0 Å². The smallest absolute Gasteiger partial charge is 0.217 e. The summed E-state index contributed by atoms with van der Waals surface area (Å²) >= 11 is 0. The number of hydrogen-bond acceptors (Lipinski definition) is 4. The second-order valence-electron chi connectivity index (χ2n) is 5.40. The van der Waals surface area contributed by atoms with Crippen LogP contribution >= 0.6 is 0 Å². The highest BCUT2D eigenvalue weighted by Crippen LogP contribution is 2.19. The zero-order chi connectivity index (χ0) is 16.6. The van der Waals surface area contributed by atoms with Crippen molar-refractivity contribution in [3.63, 3.8) is 0 Å². The lowest BCUT2D eigenvalue weighted by Crippen LogP contribution is -2.48. The molecule has 0 bridgehead atoms. The van der Waals surface area contributed by atoms with E-state index in [-0.39, 0.29) is 17.6 Å². The molecule has 1 atom stereocenters. The quantitative estimate of drug-likeness (QED) is 0.317.